The number of carbonyl (C=O) groups excluding carboxylic acids is 1. The summed E-state index contributed by atoms with van der Waals surface area (Å²) in [6.07, 6.45) is 1.51. The van der Waals surface area contributed by atoms with Crippen molar-refractivity contribution in [3.8, 4) is 5.88 Å². The zero-order chi connectivity index (χ0) is 8.27. The third kappa shape index (κ3) is 1.46. The van der Waals surface area contributed by atoms with Crippen molar-refractivity contribution in [2.75, 3.05) is 7.11 Å². The van der Waals surface area contributed by atoms with Gasteiger partial charge in [-0.1, -0.05) is 0 Å². The number of nitrogens with one attached hydrogen (secondary N) is 1. The lowest BCUT2D eigenvalue weighted by Crippen LogP contribution is -2.03. The maximum Gasteiger partial charge on any atom is 0.275 e. The van der Waals surface area contributed by atoms with Crippen molar-refractivity contribution in [2.24, 2.45) is 0 Å². The first-order valence-corrected chi connectivity index (χ1v) is 3.00. The van der Waals surface area contributed by atoms with E-state index in [0.29, 0.717) is 0 Å². The van der Waals surface area contributed by atoms with Crippen molar-refractivity contribution in [3.63, 3.8) is 0 Å². The Hall–Kier alpha value is -1.58. The number of methoxy groups -OCH3 is 1. The van der Waals surface area contributed by atoms with Crippen molar-refractivity contribution in [3.05, 3.63) is 23.9 Å². The number of hydrogen-bond acceptors (Lipinski definition) is 3. The summed E-state index contributed by atoms with van der Waals surface area (Å²) < 4.78 is 4.75. The molecule has 0 bridgehead atoms. The Kier molecular flexibility index (Phi) is 2.06. The smallest absolute Gasteiger partial charge is 0.275 e. The maximum absolute atomic E-state index is 10.6. The van der Waals surface area contributed by atoms with Gasteiger partial charge in [0.2, 0.25) is 5.88 Å². The topological polar surface area (TPSA) is 63.0 Å². The average molecular weight is 151 g/mol. The van der Waals surface area contributed by atoms with Gasteiger partial charge >= 0.3 is 0 Å². The number of hydrogen-bond donors (Lipinski definition) is 0. The van der Waals surface area contributed by atoms with E-state index in [4.69, 9.17) is 10.5 Å². The highest BCUT2D eigenvalue weighted by Gasteiger charge is 2.08. The minimum Gasteiger partial charge on any atom is -0.480 e. The van der Waals surface area contributed by atoms with Crippen LogP contribution in [0.25, 0.3) is 0 Å². The van der Waals surface area contributed by atoms with Crippen LogP contribution >= 0.6 is 0 Å². The molecule has 1 aromatic rings. The lowest BCUT2D eigenvalue weighted by Gasteiger charge is -2.00. The molecule has 0 aliphatic rings. The van der Waals surface area contributed by atoms with Gasteiger partial charge in [-0.3, -0.25) is 10.5 Å². The molecule has 0 saturated carbocycles. The summed E-state index contributed by atoms with van der Waals surface area (Å²) in [7, 11) is 1.41. The average Bonchev–Trinajstić information content (AvgIpc) is 2.04. The standard InChI is InChI=1S/C7H7N2O2/c1-11-7-5(6(8)10)3-2-4-9-7/h2-4,8H,1H3. The molecule has 0 aliphatic carbocycles. The summed E-state index contributed by atoms with van der Waals surface area (Å²) >= 11 is 0. The van der Waals surface area contributed by atoms with Gasteiger partial charge < -0.3 is 4.74 Å². The number of amides is 1. The van der Waals surface area contributed by atoms with Gasteiger partial charge in [0.25, 0.3) is 5.91 Å². The molecule has 0 atom stereocenters. The normalized spacial score (nSPS) is 9.18. The van der Waals surface area contributed by atoms with Crippen molar-refractivity contribution in [1.29, 1.82) is 0 Å². The third-order valence-corrected chi connectivity index (χ3v) is 1.21. The van der Waals surface area contributed by atoms with Crippen LogP contribution in [0.3, 0.4) is 0 Å². The Morgan fingerprint density at radius 1 is 1.73 bits per heavy atom. The summed E-state index contributed by atoms with van der Waals surface area (Å²) in [4.78, 5) is 14.3. The number of carbonyl (C=O) groups is 1. The molecule has 1 radical (unpaired) electrons. The Morgan fingerprint density at radius 3 is 2.91 bits per heavy atom. The van der Waals surface area contributed by atoms with E-state index >= 15 is 0 Å². The number of rotatable bonds is 2. The highest BCUT2D eigenvalue weighted by atomic mass is 16.5. The minimum atomic E-state index is -0.782. The predicted octanol–water partition coefficient (Wildman–Crippen LogP) is 0.513. The second kappa shape index (κ2) is 3.01. The highest BCUT2D eigenvalue weighted by molar-refractivity contribution is 5.94. The van der Waals surface area contributed by atoms with E-state index < -0.39 is 5.91 Å². The van der Waals surface area contributed by atoms with E-state index in [2.05, 4.69) is 4.98 Å². The monoisotopic (exact) mass is 151 g/mol. The molecule has 4 nitrogen and oxygen atoms in total. The van der Waals surface area contributed by atoms with E-state index in [9.17, 15) is 4.79 Å². The first kappa shape index (κ1) is 7.53. The SMILES string of the molecule is COc1ncccc1C([NH])=O. The number of nitrogens with zero attached hydrogens (tertiary/aromatic N) is 1. The molecule has 0 aromatic carbocycles. The fourth-order valence-electron chi connectivity index (χ4n) is 0.726. The van der Waals surface area contributed by atoms with Crippen molar-refractivity contribution >= 4 is 5.91 Å². The van der Waals surface area contributed by atoms with E-state index in [1.54, 1.807) is 6.07 Å². The van der Waals surface area contributed by atoms with Gasteiger partial charge in [0.1, 0.15) is 5.56 Å². The van der Waals surface area contributed by atoms with Crippen LogP contribution in [0, 0.1) is 0 Å². The third-order valence-electron chi connectivity index (χ3n) is 1.21. The summed E-state index contributed by atoms with van der Waals surface area (Å²) in [6.45, 7) is 0. The zero-order valence-corrected chi connectivity index (χ0v) is 6.00. The lowest BCUT2D eigenvalue weighted by atomic mass is 10.2. The molecule has 0 aliphatic heterocycles. The van der Waals surface area contributed by atoms with E-state index in [1.165, 1.54) is 19.4 Å². The Balaban J connectivity index is 3.12. The first-order chi connectivity index (χ1) is 5.25. The largest absolute Gasteiger partial charge is 0.480 e. The van der Waals surface area contributed by atoms with Gasteiger partial charge in [0.15, 0.2) is 0 Å². The van der Waals surface area contributed by atoms with Gasteiger partial charge in [-0.15, -0.1) is 0 Å². The molecule has 11 heavy (non-hydrogen) atoms. The molecule has 1 aromatic heterocycles. The van der Waals surface area contributed by atoms with Gasteiger partial charge in [0, 0.05) is 6.20 Å². The second-order valence-corrected chi connectivity index (χ2v) is 1.89. The van der Waals surface area contributed by atoms with E-state index in [0.717, 1.165) is 0 Å². The Morgan fingerprint density at radius 2 is 2.45 bits per heavy atom. The quantitative estimate of drug-likeness (QED) is 0.618. The molecule has 1 rings (SSSR count). The van der Waals surface area contributed by atoms with E-state index in [1.807, 2.05) is 0 Å². The Bertz CT molecular complexity index is 273. The highest BCUT2D eigenvalue weighted by Crippen LogP contribution is 2.11. The van der Waals surface area contributed by atoms with Crippen LogP contribution in [0.15, 0.2) is 18.3 Å². The minimum absolute atomic E-state index is 0.190. The second-order valence-electron chi connectivity index (χ2n) is 1.89. The Labute approximate surface area is 64.0 Å². The predicted molar refractivity (Wildman–Crippen MR) is 38.2 cm³/mol. The van der Waals surface area contributed by atoms with Crippen LogP contribution in [0.1, 0.15) is 10.4 Å². The molecule has 0 saturated heterocycles. The molecule has 4 heteroatoms. The van der Waals surface area contributed by atoms with Gasteiger partial charge in [-0.25, -0.2) is 4.98 Å². The van der Waals surface area contributed by atoms with Crippen LogP contribution < -0.4 is 10.5 Å². The van der Waals surface area contributed by atoms with Crippen LogP contribution in [0.5, 0.6) is 5.88 Å². The van der Waals surface area contributed by atoms with Gasteiger partial charge in [-0.05, 0) is 12.1 Å². The number of ether oxygens (including phenoxy) is 1. The molecular weight excluding hydrogens is 144 g/mol. The summed E-state index contributed by atoms with van der Waals surface area (Å²) in [5.41, 5.74) is 6.99. The fraction of sp³-hybridized carbons (Fsp3) is 0.143. The molecule has 1 amide bonds. The molecule has 57 valence electrons. The number of pyridine rings is 1. The van der Waals surface area contributed by atoms with Crippen LogP contribution in [-0.2, 0) is 0 Å². The first-order valence-electron chi connectivity index (χ1n) is 3.00. The fourth-order valence-corrected chi connectivity index (χ4v) is 0.726. The van der Waals surface area contributed by atoms with Crippen molar-refractivity contribution in [1.82, 2.24) is 10.7 Å². The molecule has 0 fully saturated rings. The van der Waals surface area contributed by atoms with Gasteiger partial charge in [0.05, 0.1) is 7.11 Å². The summed E-state index contributed by atoms with van der Waals surface area (Å²) in [6, 6.07) is 3.09. The number of aromatic nitrogens is 1. The maximum atomic E-state index is 10.6. The van der Waals surface area contributed by atoms with Crippen LogP contribution in [0.2, 0.25) is 0 Å². The van der Waals surface area contributed by atoms with Crippen molar-refractivity contribution < 1.29 is 9.53 Å². The zero-order valence-electron chi connectivity index (χ0n) is 6.00. The van der Waals surface area contributed by atoms with Crippen molar-refractivity contribution in [2.45, 2.75) is 0 Å². The lowest BCUT2D eigenvalue weighted by molar-refractivity contribution is 0.0988. The molecular formula is C7H7N2O2. The molecule has 0 unspecified atom stereocenters. The van der Waals surface area contributed by atoms with Crippen LogP contribution in [-0.4, -0.2) is 18.0 Å². The molecule has 1 heterocycles. The molecule has 1 N–H and O–H groups in total. The summed E-state index contributed by atoms with van der Waals surface area (Å²) in [5.74, 6) is -0.581. The summed E-state index contributed by atoms with van der Waals surface area (Å²) in [5, 5.41) is 0. The van der Waals surface area contributed by atoms with Crippen LogP contribution in [0.4, 0.5) is 0 Å². The van der Waals surface area contributed by atoms with E-state index in [-0.39, 0.29) is 11.4 Å². The van der Waals surface area contributed by atoms with Gasteiger partial charge in [-0.2, -0.15) is 0 Å². The molecule has 0 spiro atoms.